The molecule has 1 atom stereocenters. The van der Waals surface area contributed by atoms with Gasteiger partial charge < -0.3 is 19.7 Å². The lowest BCUT2D eigenvalue weighted by Gasteiger charge is -2.24. The lowest BCUT2D eigenvalue weighted by Crippen LogP contribution is -2.31. The fourth-order valence-corrected chi connectivity index (χ4v) is 3.90. The molecule has 2 N–H and O–H groups in total. The number of ketones is 1. The Labute approximate surface area is 192 Å². The highest BCUT2D eigenvalue weighted by molar-refractivity contribution is 6.04. The molecule has 0 aliphatic heterocycles. The number of nitrogens with one attached hydrogen (secondary N) is 2. The van der Waals surface area contributed by atoms with Gasteiger partial charge in [0.05, 0.1) is 19.0 Å². The molecular formula is C25H28N4O4. The van der Waals surface area contributed by atoms with E-state index in [2.05, 4.69) is 15.5 Å². The highest BCUT2D eigenvalue weighted by atomic mass is 16.5. The maximum absolute atomic E-state index is 13.2. The number of Topliss-reactive ketones (excluding diaryl/α,β-unsaturated/α-hetero) is 1. The molecule has 0 saturated heterocycles. The number of amides is 1. The molecule has 4 rings (SSSR count). The molecule has 3 aromatic rings. The van der Waals surface area contributed by atoms with Crippen molar-refractivity contribution in [3.63, 3.8) is 0 Å². The van der Waals surface area contributed by atoms with Gasteiger partial charge in [0.25, 0.3) is 0 Å². The summed E-state index contributed by atoms with van der Waals surface area (Å²) in [4.78, 5) is 27.8. The molecule has 0 radical (unpaired) electrons. The number of fused-ring (bicyclic) bond motifs is 1. The number of aromatic amines is 1. The van der Waals surface area contributed by atoms with Crippen molar-refractivity contribution in [2.24, 2.45) is 5.92 Å². The zero-order valence-corrected chi connectivity index (χ0v) is 19.1. The lowest BCUT2D eigenvalue weighted by atomic mass is 9.82. The van der Waals surface area contributed by atoms with Crippen molar-refractivity contribution in [2.45, 2.75) is 12.8 Å². The van der Waals surface area contributed by atoms with Gasteiger partial charge in [-0.05, 0) is 62.0 Å². The second-order valence-electron chi connectivity index (χ2n) is 8.39. The molecule has 0 spiro atoms. The Balaban J connectivity index is 1.54. The number of rotatable bonds is 8. The molecule has 33 heavy (non-hydrogen) atoms. The number of nitrogens with zero attached hydrogens (tertiary/aromatic N) is 2. The van der Waals surface area contributed by atoms with Crippen molar-refractivity contribution in [3.8, 4) is 22.6 Å². The van der Waals surface area contributed by atoms with Crippen molar-refractivity contribution in [1.82, 2.24) is 15.1 Å². The van der Waals surface area contributed by atoms with Crippen LogP contribution in [0.25, 0.3) is 11.1 Å². The van der Waals surface area contributed by atoms with E-state index < -0.39 is 5.92 Å². The van der Waals surface area contributed by atoms with Gasteiger partial charge >= 0.3 is 0 Å². The fourth-order valence-electron chi connectivity index (χ4n) is 3.90. The Morgan fingerprint density at radius 2 is 2.03 bits per heavy atom. The molecule has 1 unspecified atom stereocenters. The normalized spacial score (nSPS) is 15.3. The first-order valence-corrected chi connectivity index (χ1v) is 10.9. The number of H-pyrrole nitrogens is 1. The van der Waals surface area contributed by atoms with Crippen LogP contribution >= 0.6 is 0 Å². The monoisotopic (exact) mass is 448 g/mol. The van der Waals surface area contributed by atoms with Gasteiger partial charge in [0.1, 0.15) is 18.1 Å². The molecule has 0 saturated carbocycles. The number of likely N-dealkylation sites (N-methyl/N-ethyl adjacent to an activating group) is 1. The van der Waals surface area contributed by atoms with Crippen molar-refractivity contribution < 1.29 is 19.1 Å². The molecule has 1 aromatic heterocycles. The number of methoxy groups -OCH3 is 1. The second-order valence-corrected chi connectivity index (χ2v) is 8.39. The van der Waals surface area contributed by atoms with Crippen LogP contribution in [0.4, 0.5) is 5.69 Å². The van der Waals surface area contributed by atoms with E-state index in [-0.39, 0.29) is 18.1 Å². The summed E-state index contributed by atoms with van der Waals surface area (Å²) in [6, 6.07) is 11.0. The highest BCUT2D eigenvalue weighted by Gasteiger charge is 2.30. The number of benzene rings is 2. The summed E-state index contributed by atoms with van der Waals surface area (Å²) < 4.78 is 11.3. The Morgan fingerprint density at radius 1 is 1.18 bits per heavy atom. The van der Waals surface area contributed by atoms with Gasteiger partial charge in [-0.25, -0.2) is 0 Å². The molecule has 1 aliphatic carbocycles. The zero-order valence-electron chi connectivity index (χ0n) is 19.1. The highest BCUT2D eigenvalue weighted by Crippen LogP contribution is 2.33. The third-order valence-electron chi connectivity index (χ3n) is 5.75. The number of carbonyl (C=O) groups is 2. The van der Waals surface area contributed by atoms with Gasteiger partial charge in [-0.1, -0.05) is 6.07 Å². The van der Waals surface area contributed by atoms with Crippen LogP contribution in [-0.2, 0) is 11.2 Å². The van der Waals surface area contributed by atoms with Crippen molar-refractivity contribution in [1.29, 1.82) is 0 Å². The van der Waals surface area contributed by atoms with E-state index in [1.165, 1.54) is 0 Å². The van der Waals surface area contributed by atoms with Crippen molar-refractivity contribution >= 4 is 17.4 Å². The minimum atomic E-state index is -0.458. The van der Waals surface area contributed by atoms with E-state index in [9.17, 15) is 9.59 Å². The van der Waals surface area contributed by atoms with Crippen LogP contribution in [0.3, 0.4) is 0 Å². The molecule has 1 amide bonds. The molecule has 0 bridgehead atoms. The van der Waals surface area contributed by atoms with Gasteiger partial charge in [0, 0.05) is 36.2 Å². The predicted octanol–water partition coefficient (Wildman–Crippen LogP) is 3.41. The molecule has 1 heterocycles. The van der Waals surface area contributed by atoms with E-state index in [0.29, 0.717) is 35.8 Å². The quantitative estimate of drug-likeness (QED) is 0.548. The van der Waals surface area contributed by atoms with Crippen LogP contribution in [-0.4, -0.2) is 61.1 Å². The molecule has 8 nitrogen and oxygen atoms in total. The number of ether oxygens (including phenoxy) is 2. The Kier molecular flexibility index (Phi) is 6.74. The first-order valence-electron chi connectivity index (χ1n) is 10.9. The third-order valence-corrected chi connectivity index (χ3v) is 5.75. The van der Waals surface area contributed by atoms with Crippen molar-refractivity contribution in [3.05, 3.63) is 59.9 Å². The minimum absolute atomic E-state index is 0.0307. The van der Waals surface area contributed by atoms with Crippen LogP contribution in [0.15, 0.2) is 48.8 Å². The summed E-state index contributed by atoms with van der Waals surface area (Å²) in [7, 11) is 5.53. The molecule has 1 aliphatic rings. The van der Waals surface area contributed by atoms with Gasteiger partial charge in [0.2, 0.25) is 5.91 Å². The van der Waals surface area contributed by atoms with Crippen LogP contribution in [0.2, 0.25) is 0 Å². The van der Waals surface area contributed by atoms with Crippen LogP contribution in [0, 0.1) is 5.92 Å². The van der Waals surface area contributed by atoms with Crippen LogP contribution in [0.1, 0.15) is 22.3 Å². The summed E-state index contributed by atoms with van der Waals surface area (Å²) in [6.45, 7) is 1.21. The number of carbonyl (C=O) groups excluding carboxylic acids is 2. The van der Waals surface area contributed by atoms with Gasteiger partial charge in [-0.2, -0.15) is 5.10 Å². The largest absolute Gasteiger partial charge is 0.497 e. The lowest BCUT2D eigenvalue weighted by molar-refractivity contribution is -0.119. The van der Waals surface area contributed by atoms with Gasteiger partial charge in [0.15, 0.2) is 5.78 Å². The molecule has 172 valence electrons. The van der Waals surface area contributed by atoms with E-state index in [1.54, 1.807) is 31.6 Å². The number of aromatic nitrogens is 2. The first-order chi connectivity index (χ1) is 15.9. The summed E-state index contributed by atoms with van der Waals surface area (Å²) >= 11 is 0. The number of hydrogen-bond donors (Lipinski definition) is 2. The maximum atomic E-state index is 13.2. The minimum Gasteiger partial charge on any atom is -0.497 e. The SMILES string of the molecule is COc1ccc2c(c1)CC(C(=O)Nc1ccc(-c3cn[nH]c3)cc1OCCN(C)C)CC2=O. The summed E-state index contributed by atoms with van der Waals surface area (Å²) in [6.07, 6.45) is 4.19. The summed E-state index contributed by atoms with van der Waals surface area (Å²) in [5.41, 5.74) is 3.93. The molecule has 0 fully saturated rings. The van der Waals surface area contributed by atoms with Crippen LogP contribution in [0.5, 0.6) is 11.5 Å². The maximum Gasteiger partial charge on any atom is 0.228 e. The smallest absolute Gasteiger partial charge is 0.228 e. The van der Waals surface area contributed by atoms with Crippen LogP contribution < -0.4 is 14.8 Å². The molecule has 8 heteroatoms. The summed E-state index contributed by atoms with van der Waals surface area (Å²) in [5.74, 6) is 0.560. The van der Waals surface area contributed by atoms with E-state index >= 15 is 0 Å². The zero-order chi connectivity index (χ0) is 23.4. The molecular weight excluding hydrogens is 420 g/mol. The number of anilines is 1. The first kappa shape index (κ1) is 22.5. The third kappa shape index (κ3) is 5.23. The Bertz CT molecular complexity index is 1140. The standard InChI is InChI=1S/C25H28N4O4/c1-29(2)8-9-33-24-13-16(19-14-26-27-15-19)4-7-22(24)28-25(31)18-10-17-11-20(32-3)5-6-21(17)23(30)12-18/h4-7,11,13-15,18H,8-10,12H2,1-3H3,(H,26,27)(H,28,31). The number of hydrogen-bond acceptors (Lipinski definition) is 6. The Hall–Kier alpha value is -3.65. The fraction of sp³-hybridized carbons (Fsp3) is 0.320. The Morgan fingerprint density at radius 3 is 2.76 bits per heavy atom. The molecule has 2 aromatic carbocycles. The average Bonchev–Trinajstić information content (AvgIpc) is 3.34. The summed E-state index contributed by atoms with van der Waals surface area (Å²) in [5, 5.41) is 9.79. The van der Waals surface area contributed by atoms with E-state index in [0.717, 1.165) is 23.2 Å². The van der Waals surface area contributed by atoms with E-state index in [4.69, 9.17) is 9.47 Å². The van der Waals surface area contributed by atoms with Gasteiger partial charge in [-0.15, -0.1) is 0 Å². The van der Waals surface area contributed by atoms with E-state index in [1.807, 2.05) is 43.3 Å². The van der Waals surface area contributed by atoms with Gasteiger partial charge in [-0.3, -0.25) is 14.7 Å². The topological polar surface area (TPSA) is 96.5 Å². The average molecular weight is 449 g/mol. The predicted molar refractivity (Wildman–Crippen MR) is 126 cm³/mol. The van der Waals surface area contributed by atoms with Crippen molar-refractivity contribution in [2.75, 3.05) is 39.7 Å². The second kappa shape index (κ2) is 9.87.